The summed E-state index contributed by atoms with van der Waals surface area (Å²) in [6, 6.07) is 0. The second-order valence-electron chi connectivity index (χ2n) is 10.6. The molecule has 4 N–H and O–H groups in total. The van der Waals surface area contributed by atoms with Crippen molar-refractivity contribution in [2.75, 3.05) is 6.54 Å². The molecule has 0 radical (unpaired) electrons. The highest BCUT2D eigenvalue weighted by Crippen LogP contribution is 2.64. The quantitative estimate of drug-likeness (QED) is 0.658. The molecule has 7 unspecified atom stereocenters. The molecule has 0 saturated heterocycles. The summed E-state index contributed by atoms with van der Waals surface area (Å²) < 4.78 is 0. The maximum atomic E-state index is 11.0. The molecular formula is C23H41NO2. The van der Waals surface area contributed by atoms with Gasteiger partial charge in [-0.05, 0) is 91.9 Å². The number of aliphatic hydroxyl groups is 2. The van der Waals surface area contributed by atoms with Crippen molar-refractivity contribution in [3.8, 4) is 0 Å². The Morgan fingerprint density at radius 3 is 2.38 bits per heavy atom. The Morgan fingerprint density at radius 1 is 1.12 bits per heavy atom. The second kappa shape index (κ2) is 7.22. The van der Waals surface area contributed by atoms with Crippen LogP contribution < -0.4 is 5.73 Å². The molecule has 26 heavy (non-hydrogen) atoms. The molecule has 150 valence electrons. The minimum atomic E-state index is -0.384. The minimum absolute atomic E-state index is 0.0672. The van der Waals surface area contributed by atoms with Crippen LogP contribution in [0.25, 0.3) is 0 Å². The summed E-state index contributed by atoms with van der Waals surface area (Å²) in [6.07, 6.45) is 6.35. The van der Waals surface area contributed by atoms with E-state index in [4.69, 9.17) is 5.73 Å². The van der Waals surface area contributed by atoms with E-state index in [9.17, 15) is 10.2 Å². The first-order chi connectivity index (χ1) is 12.1. The van der Waals surface area contributed by atoms with E-state index in [2.05, 4.69) is 34.3 Å². The van der Waals surface area contributed by atoms with Gasteiger partial charge in [0.05, 0.1) is 12.2 Å². The summed E-state index contributed by atoms with van der Waals surface area (Å²) in [7, 11) is 0. The molecule has 0 aliphatic heterocycles. The van der Waals surface area contributed by atoms with Gasteiger partial charge in [0.25, 0.3) is 0 Å². The lowest BCUT2D eigenvalue weighted by Gasteiger charge is -2.56. The Labute approximate surface area is 160 Å². The molecular weight excluding hydrogens is 322 g/mol. The molecule has 0 heterocycles. The Hall–Kier alpha value is -0.380. The van der Waals surface area contributed by atoms with Gasteiger partial charge in [0.1, 0.15) is 0 Å². The zero-order chi connectivity index (χ0) is 19.3. The van der Waals surface area contributed by atoms with Crippen LogP contribution in [0.3, 0.4) is 0 Å². The summed E-state index contributed by atoms with van der Waals surface area (Å²) in [5, 5.41) is 21.0. The summed E-state index contributed by atoms with van der Waals surface area (Å²) in [5.74, 6) is 2.92. The highest BCUT2D eigenvalue weighted by atomic mass is 16.3. The zero-order valence-electron chi connectivity index (χ0n) is 17.4. The highest BCUT2D eigenvalue weighted by molar-refractivity contribution is 5.24. The third kappa shape index (κ3) is 3.18. The second-order valence-corrected chi connectivity index (χ2v) is 10.6. The monoisotopic (exact) mass is 363 g/mol. The Balaban J connectivity index is 1.93. The largest absolute Gasteiger partial charge is 0.393 e. The van der Waals surface area contributed by atoms with Crippen molar-refractivity contribution in [1.82, 2.24) is 0 Å². The van der Waals surface area contributed by atoms with E-state index < -0.39 is 0 Å². The molecule has 3 aliphatic rings. The Bertz CT molecular complexity index is 532. The van der Waals surface area contributed by atoms with Gasteiger partial charge >= 0.3 is 0 Å². The predicted octanol–water partition coefficient (Wildman–Crippen LogP) is 4.13. The van der Waals surface area contributed by atoms with E-state index >= 15 is 0 Å². The fourth-order valence-electron chi connectivity index (χ4n) is 7.01. The molecule has 3 saturated carbocycles. The molecule has 0 aromatic heterocycles. The van der Waals surface area contributed by atoms with Crippen LogP contribution in [0, 0.1) is 40.4 Å². The van der Waals surface area contributed by atoms with E-state index in [0.717, 1.165) is 19.4 Å². The van der Waals surface area contributed by atoms with Gasteiger partial charge in [0, 0.05) is 0 Å². The number of rotatable bonds is 4. The van der Waals surface area contributed by atoms with Crippen LogP contribution in [0.2, 0.25) is 0 Å². The van der Waals surface area contributed by atoms with Gasteiger partial charge < -0.3 is 15.9 Å². The average molecular weight is 364 g/mol. The first-order valence-corrected chi connectivity index (χ1v) is 10.9. The maximum Gasteiger partial charge on any atom is 0.0621 e. The molecule has 3 heteroatoms. The van der Waals surface area contributed by atoms with Gasteiger partial charge in [-0.1, -0.05) is 39.8 Å². The molecule has 3 nitrogen and oxygen atoms in total. The van der Waals surface area contributed by atoms with Gasteiger partial charge in [0.2, 0.25) is 0 Å². The van der Waals surface area contributed by atoms with Gasteiger partial charge in [-0.3, -0.25) is 0 Å². The molecule has 3 rings (SSSR count). The van der Waals surface area contributed by atoms with E-state index in [1.165, 1.54) is 31.3 Å². The molecule has 0 amide bonds. The van der Waals surface area contributed by atoms with Crippen LogP contribution >= 0.6 is 0 Å². The molecule has 3 aliphatic carbocycles. The van der Waals surface area contributed by atoms with E-state index in [-0.39, 0.29) is 23.0 Å². The zero-order valence-corrected chi connectivity index (χ0v) is 17.4. The maximum absolute atomic E-state index is 11.0. The van der Waals surface area contributed by atoms with Gasteiger partial charge in [-0.2, -0.15) is 0 Å². The fraction of sp³-hybridized carbons (Fsp3) is 0.913. The number of hydrogen-bond donors (Lipinski definition) is 3. The van der Waals surface area contributed by atoms with E-state index in [1.807, 2.05) is 0 Å². The Kier molecular flexibility index (Phi) is 5.65. The van der Waals surface area contributed by atoms with Crippen LogP contribution in [0.5, 0.6) is 0 Å². The number of fused-ring (bicyclic) bond motifs is 1. The van der Waals surface area contributed by atoms with E-state index in [1.54, 1.807) is 0 Å². The van der Waals surface area contributed by atoms with Crippen LogP contribution in [0.15, 0.2) is 12.2 Å². The van der Waals surface area contributed by atoms with Crippen LogP contribution in [0.1, 0.15) is 72.6 Å². The van der Waals surface area contributed by atoms with Crippen molar-refractivity contribution in [3.05, 3.63) is 12.2 Å². The standard InChI is InChI=1S/C23H41NO2/c1-14(2)10-18-19(23(5)8-6-17(25)12-21(23)26)7-9-22(4)15(3)16(13-24)11-20(18)22/h14,16-21,25-26H,3,6-13,24H2,1-2,4-5H3/t16?,17?,18-,19?,20?,21?,22?,23?/m1/s1. The van der Waals surface area contributed by atoms with Gasteiger partial charge in [-0.25, -0.2) is 0 Å². The van der Waals surface area contributed by atoms with E-state index in [0.29, 0.717) is 36.0 Å². The normalized spacial score (nSPS) is 49.5. The van der Waals surface area contributed by atoms with Crippen molar-refractivity contribution in [2.24, 2.45) is 46.2 Å². The molecule has 3 fully saturated rings. The smallest absolute Gasteiger partial charge is 0.0621 e. The van der Waals surface area contributed by atoms with Crippen molar-refractivity contribution in [1.29, 1.82) is 0 Å². The van der Waals surface area contributed by atoms with Crippen LogP contribution in [0.4, 0.5) is 0 Å². The lowest BCUT2D eigenvalue weighted by Crippen LogP contribution is -2.52. The Morgan fingerprint density at radius 2 is 1.81 bits per heavy atom. The SMILES string of the molecule is C=C1C(CN)CC2[C@H](CC(C)C)C(C3(C)CCC(O)CC3O)CCC12C. The molecule has 0 aromatic carbocycles. The minimum Gasteiger partial charge on any atom is -0.393 e. The number of hydrogen-bond acceptors (Lipinski definition) is 3. The van der Waals surface area contributed by atoms with Crippen LogP contribution in [-0.2, 0) is 0 Å². The number of nitrogens with two attached hydrogens (primary N) is 1. The topological polar surface area (TPSA) is 66.5 Å². The molecule has 0 spiro atoms. The third-order valence-electron chi connectivity index (χ3n) is 8.74. The van der Waals surface area contributed by atoms with Gasteiger partial charge in [0.15, 0.2) is 0 Å². The lowest BCUT2D eigenvalue weighted by atomic mass is 9.50. The average Bonchev–Trinajstić information content (AvgIpc) is 2.83. The lowest BCUT2D eigenvalue weighted by molar-refractivity contribution is -0.122. The molecule has 8 atom stereocenters. The third-order valence-corrected chi connectivity index (χ3v) is 8.74. The predicted molar refractivity (Wildman–Crippen MR) is 108 cm³/mol. The summed E-state index contributed by atoms with van der Waals surface area (Å²) in [4.78, 5) is 0. The van der Waals surface area contributed by atoms with Gasteiger partial charge in [-0.15, -0.1) is 0 Å². The highest BCUT2D eigenvalue weighted by Gasteiger charge is 2.58. The first kappa shape index (κ1) is 20.4. The van der Waals surface area contributed by atoms with Crippen molar-refractivity contribution in [2.45, 2.75) is 84.8 Å². The van der Waals surface area contributed by atoms with Crippen molar-refractivity contribution >= 4 is 0 Å². The van der Waals surface area contributed by atoms with Crippen molar-refractivity contribution in [3.63, 3.8) is 0 Å². The summed E-state index contributed by atoms with van der Waals surface area (Å²) in [6.45, 7) is 14.6. The summed E-state index contributed by atoms with van der Waals surface area (Å²) >= 11 is 0. The number of aliphatic hydroxyl groups excluding tert-OH is 2. The van der Waals surface area contributed by atoms with Crippen molar-refractivity contribution < 1.29 is 10.2 Å². The first-order valence-electron chi connectivity index (χ1n) is 10.9. The van der Waals surface area contributed by atoms with Crippen LogP contribution in [-0.4, -0.2) is 29.0 Å². The fourth-order valence-corrected chi connectivity index (χ4v) is 7.01. The molecule has 0 aromatic rings. The molecule has 0 bridgehead atoms. The summed E-state index contributed by atoms with van der Waals surface area (Å²) in [5.41, 5.74) is 7.64.